The first-order chi connectivity index (χ1) is 9.47. The second kappa shape index (κ2) is 6.46. The lowest BCUT2D eigenvalue weighted by Crippen LogP contribution is -2.44. The zero-order chi connectivity index (χ0) is 14.7. The van der Waals surface area contributed by atoms with E-state index in [2.05, 4.69) is 5.32 Å². The maximum atomic E-state index is 12.2. The first kappa shape index (κ1) is 15.1. The number of nitrogens with zero attached hydrogens (tertiary/aromatic N) is 1. The van der Waals surface area contributed by atoms with E-state index < -0.39 is 0 Å². The van der Waals surface area contributed by atoms with E-state index in [0.29, 0.717) is 17.3 Å². The fraction of sp³-hybridized carbons (Fsp3) is 0.533. The molecule has 2 rings (SSSR count). The number of halogens is 1. The lowest BCUT2D eigenvalue weighted by Gasteiger charge is -2.34. The molecule has 0 spiro atoms. The van der Waals surface area contributed by atoms with Gasteiger partial charge in [0.25, 0.3) is 0 Å². The van der Waals surface area contributed by atoms with Gasteiger partial charge >= 0.3 is 6.03 Å². The Morgan fingerprint density at radius 3 is 2.95 bits per heavy atom. The second-order valence-corrected chi connectivity index (χ2v) is 5.89. The van der Waals surface area contributed by atoms with E-state index >= 15 is 0 Å². The number of benzene rings is 1. The van der Waals surface area contributed by atoms with Gasteiger partial charge in [0.1, 0.15) is 0 Å². The van der Waals surface area contributed by atoms with Gasteiger partial charge in [0.15, 0.2) is 0 Å². The summed E-state index contributed by atoms with van der Waals surface area (Å²) in [5, 5.41) is 13.2. The highest BCUT2D eigenvalue weighted by atomic mass is 35.5. The molecule has 110 valence electrons. The van der Waals surface area contributed by atoms with Gasteiger partial charge < -0.3 is 15.3 Å². The molecule has 2 atom stereocenters. The highest BCUT2D eigenvalue weighted by Gasteiger charge is 2.26. The molecule has 1 fully saturated rings. The Kier molecular flexibility index (Phi) is 4.89. The molecule has 2 amide bonds. The number of anilines is 1. The third-order valence-corrected chi connectivity index (χ3v) is 4.26. The van der Waals surface area contributed by atoms with Crippen LogP contribution in [0.3, 0.4) is 0 Å². The predicted octanol–water partition coefficient (Wildman–Crippen LogP) is 3.27. The molecule has 1 aliphatic heterocycles. The molecule has 0 aliphatic carbocycles. The van der Waals surface area contributed by atoms with Gasteiger partial charge in [-0.15, -0.1) is 0 Å². The van der Waals surface area contributed by atoms with Crippen molar-refractivity contribution >= 4 is 23.3 Å². The maximum absolute atomic E-state index is 12.2. The van der Waals surface area contributed by atoms with Crippen molar-refractivity contribution < 1.29 is 9.90 Å². The first-order valence-electron chi connectivity index (χ1n) is 6.97. The van der Waals surface area contributed by atoms with Crippen LogP contribution in [0.1, 0.15) is 25.3 Å². The molecule has 1 saturated heterocycles. The smallest absolute Gasteiger partial charge is 0.321 e. The molecule has 2 N–H and O–H groups in total. The Balaban J connectivity index is 1.98. The highest BCUT2D eigenvalue weighted by Crippen LogP contribution is 2.22. The highest BCUT2D eigenvalue weighted by molar-refractivity contribution is 6.31. The van der Waals surface area contributed by atoms with Crippen LogP contribution in [0.25, 0.3) is 0 Å². The van der Waals surface area contributed by atoms with Crippen LogP contribution in [0.2, 0.25) is 5.02 Å². The van der Waals surface area contributed by atoms with Gasteiger partial charge in [-0.25, -0.2) is 4.79 Å². The van der Waals surface area contributed by atoms with E-state index in [1.165, 1.54) is 0 Å². The largest absolute Gasteiger partial charge is 0.393 e. The lowest BCUT2D eigenvalue weighted by atomic mass is 9.94. The second-order valence-electron chi connectivity index (χ2n) is 5.48. The number of urea groups is 1. The van der Waals surface area contributed by atoms with Crippen molar-refractivity contribution in [2.45, 2.75) is 32.8 Å². The maximum Gasteiger partial charge on any atom is 0.321 e. The monoisotopic (exact) mass is 296 g/mol. The van der Waals surface area contributed by atoms with Crippen LogP contribution < -0.4 is 5.32 Å². The van der Waals surface area contributed by atoms with E-state index in [0.717, 1.165) is 24.9 Å². The van der Waals surface area contributed by atoms with Gasteiger partial charge in [-0.2, -0.15) is 0 Å². The number of carbonyl (C=O) groups excluding carboxylic acids is 1. The number of nitrogens with one attached hydrogen (secondary N) is 1. The van der Waals surface area contributed by atoms with Gasteiger partial charge in [0.05, 0.1) is 6.10 Å². The molecule has 0 aromatic heterocycles. The normalized spacial score (nSPS) is 20.6. The van der Waals surface area contributed by atoms with Gasteiger partial charge in [-0.3, -0.25) is 0 Å². The van der Waals surface area contributed by atoms with Crippen LogP contribution in [0, 0.1) is 12.8 Å². The molecule has 5 heteroatoms. The molecule has 2 unspecified atom stereocenters. The quantitative estimate of drug-likeness (QED) is 0.880. The zero-order valence-corrected chi connectivity index (χ0v) is 12.7. The van der Waals surface area contributed by atoms with Crippen LogP contribution in [0.5, 0.6) is 0 Å². The minimum absolute atomic E-state index is 0.129. The van der Waals surface area contributed by atoms with Crippen molar-refractivity contribution in [3.05, 3.63) is 28.8 Å². The van der Waals surface area contributed by atoms with Crippen molar-refractivity contribution in [3.63, 3.8) is 0 Å². The van der Waals surface area contributed by atoms with E-state index in [-0.39, 0.29) is 18.1 Å². The predicted molar refractivity (Wildman–Crippen MR) is 81.2 cm³/mol. The van der Waals surface area contributed by atoms with Crippen molar-refractivity contribution in [2.24, 2.45) is 5.92 Å². The molecular formula is C15H21ClN2O2. The standard InChI is InChI=1S/C15H21ClN2O2/c1-10-5-6-13(8-14(10)16)17-15(20)18-7-3-4-12(9-18)11(2)19/h5-6,8,11-12,19H,3-4,7,9H2,1-2H3,(H,17,20). The third kappa shape index (κ3) is 3.64. The fourth-order valence-electron chi connectivity index (χ4n) is 2.46. The summed E-state index contributed by atoms with van der Waals surface area (Å²) >= 11 is 6.05. The first-order valence-corrected chi connectivity index (χ1v) is 7.35. The molecular weight excluding hydrogens is 276 g/mol. The summed E-state index contributed by atoms with van der Waals surface area (Å²) < 4.78 is 0. The number of aliphatic hydroxyl groups is 1. The zero-order valence-electron chi connectivity index (χ0n) is 11.9. The van der Waals surface area contributed by atoms with Crippen molar-refractivity contribution in [1.29, 1.82) is 0 Å². The molecule has 1 aliphatic rings. The average Bonchev–Trinajstić information content (AvgIpc) is 2.43. The van der Waals surface area contributed by atoms with Crippen LogP contribution in [0.15, 0.2) is 18.2 Å². The Morgan fingerprint density at radius 1 is 1.55 bits per heavy atom. The topological polar surface area (TPSA) is 52.6 Å². The summed E-state index contributed by atoms with van der Waals surface area (Å²) in [6.45, 7) is 5.04. The Hall–Kier alpha value is -1.26. The minimum Gasteiger partial charge on any atom is -0.393 e. The summed E-state index contributed by atoms with van der Waals surface area (Å²) in [6.07, 6.45) is 1.52. The van der Waals surface area contributed by atoms with E-state index in [1.807, 2.05) is 19.1 Å². The SMILES string of the molecule is Cc1ccc(NC(=O)N2CCCC(C(C)O)C2)cc1Cl. The fourth-order valence-corrected chi connectivity index (χ4v) is 2.64. The molecule has 1 heterocycles. The van der Waals surface area contributed by atoms with Crippen LogP contribution in [-0.4, -0.2) is 35.2 Å². The number of aryl methyl sites for hydroxylation is 1. The van der Waals surface area contributed by atoms with Gasteiger partial charge in [0, 0.05) is 29.7 Å². The summed E-state index contributed by atoms with van der Waals surface area (Å²) in [5.41, 5.74) is 1.68. The Labute approximate surface area is 124 Å². The summed E-state index contributed by atoms with van der Waals surface area (Å²) in [7, 11) is 0. The number of hydrogen-bond donors (Lipinski definition) is 2. The molecule has 4 nitrogen and oxygen atoms in total. The van der Waals surface area contributed by atoms with E-state index in [1.54, 1.807) is 17.9 Å². The number of rotatable bonds is 2. The molecule has 1 aromatic rings. The van der Waals surface area contributed by atoms with Crippen LogP contribution in [0.4, 0.5) is 10.5 Å². The number of hydrogen-bond acceptors (Lipinski definition) is 2. The Bertz CT molecular complexity index is 491. The number of piperidine rings is 1. The minimum atomic E-state index is -0.376. The molecule has 0 bridgehead atoms. The van der Waals surface area contributed by atoms with Gasteiger partial charge in [-0.05, 0) is 44.4 Å². The summed E-state index contributed by atoms with van der Waals surface area (Å²) in [6, 6.07) is 5.35. The molecule has 1 aromatic carbocycles. The van der Waals surface area contributed by atoms with Gasteiger partial charge in [0.2, 0.25) is 0 Å². The van der Waals surface area contributed by atoms with Crippen molar-refractivity contribution in [3.8, 4) is 0 Å². The summed E-state index contributed by atoms with van der Waals surface area (Å²) in [4.78, 5) is 14.0. The lowest BCUT2D eigenvalue weighted by molar-refractivity contribution is 0.0766. The Morgan fingerprint density at radius 2 is 2.30 bits per heavy atom. The number of amides is 2. The summed E-state index contributed by atoms with van der Waals surface area (Å²) in [5.74, 6) is 0.163. The molecule has 20 heavy (non-hydrogen) atoms. The van der Waals surface area contributed by atoms with E-state index in [9.17, 15) is 9.90 Å². The average molecular weight is 297 g/mol. The van der Waals surface area contributed by atoms with Crippen molar-refractivity contribution in [1.82, 2.24) is 4.90 Å². The number of aliphatic hydroxyl groups excluding tert-OH is 1. The van der Waals surface area contributed by atoms with Crippen LogP contribution in [-0.2, 0) is 0 Å². The van der Waals surface area contributed by atoms with E-state index in [4.69, 9.17) is 11.6 Å². The number of likely N-dealkylation sites (tertiary alicyclic amines) is 1. The van der Waals surface area contributed by atoms with Gasteiger partial charge in [-0.1, -0.05) is 17.7 Å². The third-order valence-electron chi connectivity index (χ3n) is 3.85. The number of carbonyl (C=O) groups is 1. The molecule has 0 radical (unpaired) electrons. The molecule has 0 saturated carbocycles. The van der Waals surface area contributed by atoms with Crippen molar-refractivity contribution in [2.75, 3.05) is 18.4 Å². The van der Waals surface area contributed by atoms with Crippen LogP contribution >= 0.6 is 11.6 Å².